The molecule has 0 aromatic carbocycles. The maximum Gasteiger partial charge on any atom is 0.326 e. The predicted octanol–water partition coefficient (Wildman–Crippen LogP) is 1.54. The van der Waals surface area contributed by atoms with Crippen molar-refractivity contribution in [2.24, 2.45) is 0 Å². The van der Waals surface area contributed by atoms with Crippen LogP contribution in [-0.2, 0) is 4.79 Å². The molecule has 0 spiro atoms. The van der Waals surface area contributed by atoms with Crippen molar-refractivity contribution in [1.82, 2.24) is 9.97 Å². The highest BCUT2D eigenvalue weighted by Gasteiger charge is 2.17. The minimum absolute atomic E-state index is 0.405. The zero-order chi connectivity index (χ0) is 12.7. The van der Waals surface area contributed by atoms with Gasteiger partial charge in [0.15, 0.2) is 0 Å². The highest BCUT2D eigenvalue weighted by Crippen LogP contribution is 2.13. The molecular weight excluding hydrogens is 222 g/mol. The van der Waals surface area contributed by atoms with Crippen LogP contribution in [0.5, 0.6) is 5.88 Å². The van der Waals surface area contributed by atoms with Crippen molar-refractivity contribution in [3.63, 3.8) is 0 Å². The van der Waals surface area contributed by atoms with Crippen molar-refractivity contribution >= 4 is 11.8 Å². The molecule has 17 heavy (non-hydrogen) atoms. The number of anilines is 1. The topological polar surface area (TPSA) is 84.3 Å². The summed E-state index contributed by atoms with van der Waals surface area (Å²) in [7, 11) is 1.50. The summed E-state index contributed by atoms with van der Waals surface area (Å²) in [4.78, 5) is 18.8. The Kier molecular flexibility index (Phi) is 5.19. The lowest BCUT2D eigenvalue weighted by atomic mass is 10.1. The Morgan fingerprint density at radius 2 is 2.35 bits per heavy atom. The highest BCUT2D eigenvalue weighted by atomic mass is 16.5. The summed E-state index contributed by atoms with van der Waals surface area (Å²) < 4.78 is 4.94. The molecule has 1 aromatic heterocycles. The van der Waals surface area contributed by atoms with E-state index in [-0.39, 0.29) is 0 Å². The zero-order valence-corrected chi connectivity index (χ0v) is 10.0. The van der Waals surface area contributed by atoms with Gasteiger partial charge in [0.05, 0.1) is 7.11 Å². The van der Waals surface area contributed by atoms with E-state index in [9.17, 15) is 4.79 Å². The number of nitrogens with zero attached hydrogens (tertiary/aromatic N) is 2. The highest BCUT2D eigenvalue weighted by molar-refractivity contribution is 5.76. The molecule has 1 atom stereocenters. The van der Waals surface area contributed by atoms with Crippen LogP contribution in [0, 0.1) is 0 Å². The van der Waals surface area contributed by atoms with Crippen LogP contribution in [0.4, 0.5) is 5.82 Å². The number of aliphatic carboxylic acids is 1. The molecular formula is C11H17N3O3. The summed E-state index contributed by atoms with van der Waals surface area (Å²) >= 11 is 0. The Morgan fingerprint density at radius 3 is 2.94 bits per heavy atom. The molecule has 94 valence electrons. The first-order valence-corrected chi connectivity index (χ1v) is 5.52. The Morgan fingerprint density at radius 1 is 1.59 bits per heavy atom. The van der Waals surface area contributed by atoms with E-state index in [1.165, 1.54) is 13.4 Å². The normalized spacial score (nSPS) is 11.9. The fourth-order valence-electron chi connectivity index (χ4n) is 1.37. The van der Waals surface area contributed by atoms with Gasteiger partial charge in [-0.05, 0) is 6.42 Å². The van der Waals surface area contributed by atoms with Gasteiger partial charge in [-0.2, -0.15) is 0 Å². The van der Waals surface area contributed by atoms with Crippen LogP contribution < -0.4 is 10.1 Å². The van der Waals surface area contributed by atoms with Gasteiger partial charge in [-0.1, -0.05) is 19.8 Å². The molecule has 0 saturated heterocycles. The van der Waals surface area contributed by atoms with Crippen LogP contribution in [0.1, 0.15) is 26.2 Å². The number of carboxylic acid groups (broad SMARTS) is 1. The van der Waals surface area contributed by atoms with Crippen LogP contribution in [-0.4, -0.2) is 34.2 Å². The molecule has 0 radical (unpaired) electrons. The quantitative estimate of drug-likeness (QED) is 0.750. The van der Waals surface area contributed by atoms with Crippen LogP contribution in [0.3, 0.4) is 0 Å². The molecule has 0 saturated carbocycles. The summed E-state index contributed by atoms with van der Waals surface area (Å²) in [5, 5.41) is 11.9. The Hall–Kier alpha value is -1.85. The fourth-order valence-corrected chi connectivity index (χ4v) is 1.37. The standard InChI is InChI=1S/C11H17N3O3/c1-3-4-5-8(11(15)16)14-9-6-10(17-2)13-7-12-9/h6-8H,3-5H2,1-2H3,(H,15,16)(H,12,13,14). The molecule has 1 aromatic rings. The molecule has 1 unspecified atom stereocenters. The number of methoxy groups -OCH3 is 1. The number of ether oxygens (including phenoxy) is 1. The van der Waals surface area contributed by atoms with E-state index >= 15 is 0 Å². The monoisotopic (exact) mass is 239 g/mol. The maximum absolute atomic E-state index is 11.0. The van der Waals surface area contributed by atoms with E-state index in [1.54, 1.807) is 6.07 Å². The molecule has 0 aliphatic heterocycles. The molecule has 1 rings (SSSR count). The second-order valence-electron chi connectivity index (χ2n) is 3.62. The third-order valence-electron chi connectivity index (χ3n) is 2.32. The van der Waals surface area contributed by atoms with Gasteiger partial charge < -0.3 is 15.2 Å². The van der Waals surface area contributed by atoms with Gasteiger partial charge in [0.2, 0.25) is 5.88 Å². The van der Waals surface area contributed by atoms with Gasteiger partial charge in [-0.25, -0.2) is 14.8 Å². The number of aromatic nitrogens is 2. The smallest absolute Gasteiger partial charge is 0.326 e. The Balaban J connectivity index is 2.67. The van der Waals surface area contributed by atoms with E-state index in [4.69, 9.17) is 9.84 Å². The van der Waals surface area contributed by atoms with Crippen molar-refractivity contribution in [2.45, 2.75) is 32.2 Å². The first-order chi connectivity index (χ1) is 8.17. The molecule has 0 bridgehead atoms. The lowest BCUT2D eigenvalue weighted by molar-refractivity contribution is -0.138. The molecule has 0 amide bonds. The predicted molar refractivity (Wildman–Crippen MR) is 63.2 cm³/mol. The van der Waals surface area contributed by atoms with Crippen molar-refractivity contribution in [1.29, 1.82) is 0 Å². The summed E-state index contributed by atoms with van der Waals surface area (Å²) in [5.41, 5.74) is 0. The number of hydrogen-bond donors (Lipinski definition) is 2. The van der Waals surface area contributed by atoms with Gasteiger partial charge in [-0.15, -0.1) is 0 Å². The molecule has 0 aliphatic rings. The van der Waals surface area contributed by atoms with Crippen LogP contribution >= 0.6 is 0 Å². The van der Waals surface area contributed by atoms with Crippen molar-refractivity contribution in [2.75, 3.05) is 12.4 Å². The molecule has 0 fully saturated rings. The van der Waals surface area contributed by atoms with E-state index in [2.05, 4.69) is 15.3 Å². The summed E-state index contributed by atoms with van der Waals surface area (Å²) in [6.45, 7) is 2.02. The van der Waals surface area contributed by atoms with E-state index in [0.717, 1.165) is 12.8 Å². The fraction of sp³-hybridized carbons (Fsp3) is 0.545. The average Bonchev–Trinajstić information content (AvgIpc) is 2.34. The van der Waals surface area contributed by atoms with Crippen molar-refractivity contribution in [3.8, 4) is 5.88 Å². The Labute approximate surface area is 100 Å². The SMILES string of the molecule is CCCCC(Nc1cc(OC)ncn1)C(=O)O. The molecule has 2 N–H and O–H groups in total. The van der Waals surface area contributed by atoms with Crippen LogP contribution in [0.25, 0.3) is 0 Å². The first kappa shape index (κ1) is 13.2. The minimum Gasteiger partial charge on any atom is -0.481 e. The summed E-state index contributed by atoms with van der Waals surface area (Å²) in [5.74, 6) is -0.0153. The molecule has 6 heteroatoms. The number of rotatable bonds is 7. The average molecular weight is 239 g/mol. The second kappa shape index (κ2) is 6.67. The number of carboxylic acids is 1. The van der Waals surface area contributed by atoms with Gasteiger partial charge in [0.1, 0.15) is 18.2 Å². The third-order valence-corrected chi connectivity index (χ3v) is 2.32. The van der Waals surface area contributed by atoms with E-state index in [0.29, 0.717) is 18.1 Å². The van der Waals surface area contributed by atoms with Gasteiger partial charge in [0.25, 0.3) is 0 Å². The summed E-state index contributed by atoms with van der Waals surface area (Å²) in [6.07, 6.45) is 3.71. The van der Waals surface area contributed by atoms with Gasteiger partial charge in [0, 0.05) is 6.07 Å². The lowest BCUT2D eigenvalue weighted by Gasteiger charge is -2.14. The lowest BCUT2D eigenvalue weighted by Crippen LogP contribution is -2.29. The van der Waals surface area contributed by atoms with E-state index in [1.807, 2.05) is 6.92 Å². The van der Waals surface area contributed by atoms with Crippen molar-refractivity contribution in [3.05, 3.63) is 12.4 Å². The largest absolute Gasteiger partial charge is 0.481 e. The minimum atomic E-state index is -0.879. The maximum atomic E-state index is 11.0. The second-order valence-corrected chi connectivity index (χ2v) is 3.62. The van der Waals surface area contributed by atoms with Crippen LogP contribution in [0.2, 0.25) is 0 Å². The zero-order valence-electron chi connectivity index (χ0n) is 10.0. The number of unbranched alkanes of at least 4 members (excludes halogenated alkanes) is 1. The number of carbonyl (C=O) groups is 1. The third kappa shape index (κ3) is 4.26. The first-order valence-electron chi connectivity index (χ1n) is 5.52. The van der Waals surface area contributed by atoms with Crippen LogP contribution in [0.15, 0.2) is 12.4 Å². The molecule has 6 nitrogen and oxygen atoms in total. The van der Waals surface area contributed by atoms with Gasteiger partial charge >= 0.3 is 5.97 Å². The number of hydrogen-bond acceptors (Lipinski definition) is 5. The Bertz CT molecular complexity index is 371. The summed E-state index contributed by atoms with van der Waals surface area (Å²) in [6, 6.07) is 0.941. The number of nitrogens with one attached hydrogen (secondary N) is 1. The molecule has 0 aliphatic carbocycles. The van der Waals surface area contributed by atoms with E-state index < -0.39 is 12.0 Å². The van der Waals surface area contributed by atoms with Gasteiger partial charge in [-0.3, -0.25) is 0 Å². The molecule has 1 heterocycles. The van der Waals surface area contributed by atoms with Crippen molar-refractivity contribution < 1.29 is 14.6 Å².